The summed E-state index contributed by atoms with van der Waals surface area (Å²) in [7, 11) is 3.02. The van der Waals surface area contributed by atoms with E-state index < -0.39 is 11.6 Å². The maximum absolute atomic E-state index is 13.6. The fourth-order valence-corrected chi connectivity index (χ4v) is 1.48. The summed E-state index contributed by atoms with van der Waals surface area (Å²) in [6.07, 6.45) is -0.0862. The predicted octanol–water partition coefficient (Wildman–Crippen LogP) is 0.783. The SMILES string of the molecule is COc1ccc(C(=O)Cc2nnn(C)n2)c(F)c1. The first-order valence-corrected chi connectivity index (χ1v) is 5.20. The van der Waals surface area contributed by atoms with Crippen molar-refractivity contribution in [3.63, 3.8) is 0 Å². The number of carbonyl (C=O) groups is 1. The van der Waals surface area contributed by atoms with Crippen LogP contribution in [0.25, 0.3) is 0 Å². The Hall–Kier alpha value is -2.31. The van der Waals surface area contributed by atoms with Gasteiger partial charge in [-0.05, 0) is 17.3 Å². The fourth-order valence-electron chi connectivity index (χ4n) is 1.48. The van der Waals surface area contributed by atoms with Crippen LogP contribution in [0.1, 0.15) is 16.2 Å². The smallest absolute Gasteiger partial charge is 0.182 e. The topological polar surface area (TPSA) is 69.9 Å². The van der Waals surface area contributed by atoms with Crippen LogP contribution in [0.3, 0.4) is 0 Å². The number of rotatable bonds is 4. The van der Waals surface area contributed by atoms with E-state index in [0.717, 1.165) is 6.07 Å². The summed E-state index contributed by atoms with van der Waals surface area (Å²) in [5, 5.41) is 11.1. The van der Waals surface area contributed by atoms with Gasteiger partial charge in [0, 0.05) is 6.07 Å². The molecule has 2 aromatic rings. The van der Waals surface area contributed by atoms with E-state index in [1.165, 1.54) is 24.0 Å². The van der Waals surface area contributed by atoms with Crippen molar-refractivity contribution in [3.05, 3.63) is 35.4 Å². The van der Waals surface area contributed by atoms with Crippen molar-refractivity contribution in [2.45, 2.75) is 6.42 Å². The number of benzene rings is 1. The zero-order valence-electron chi connectivity index (χ0n) is 9.92. The van der Waals surface area contributed by atoms with E-state index in [2.05, 4.69) is 15.4 Å². The molecule has 0 amide bonds. The molecule has 1 aromatic heterocycles. The Morgan fingerprint density at radius 1 is 1.50 bits per heavy atom. The highest BCUT2D eigenvalue weighted by Crippen LogP contribution is 2.17. The summed E-state index contributed by atoms with van der Waals surface area (Å²) < 4.78 is 18.5. The standard InChI is InChI=1S/C11H11FN4O2/c1-16-14-11(13-15-16)6-10(17)8-4-3-7(18-2)5-9(8)12/h3-5H,6H2,1-2H3. The number of hydrogen-bond acceptors (Lipinski definition) is 5. The Morgan fingerprint density at radius 3 is 2.83 bits per heavy atom. The Morgan fingerprint density at radius 2 is 2.28 bits per heavy atom. The van der Waals surface area contributed by atoms with Crippen LogP contribution >= 0.6 is 0 Å². The first-order chi connectivity index (χ1) is 8.60. The normalized spacial score (nSPS) is 10.4. The lowest BCUT2D eigenvalue weighted by molar-refractivity contribution is 0.0987. The molecule has 94 valence electrons. The number of ether oxygens (including phenoxy) is 1. The number of halogens is 1. The van der Waals surface area contributed by atoms with Gasteiger partial charge in [0.2, 0.25) is 0 Å². The lowest BCUT2D eigenvalue weighted by Gasteiger charge is -2.03. The van der Waals surface area contributed by atoms with Crippen molar-refractivity contribution in [2.24, 2.45) is 7.05 Å². The van der Waals surface area contributed by atoms with Crippen molar-refractivity contribution in [3.8, 4) is 5.75 Å². The van der Waals surface area contributed by atoms with Gasteiger partial charge < -0.3 is 4.74 Å². The van der Waals surface area contributed by atoms with Crippen molar-refractivity contribution in [2.75, 3.05) is 7.11 Å². The van der Waals surface area contributed by atoms with Gasteiger partial charge in [-0.15, -0.1) is 10.2 Å². The number of tetrazole rings is 1. The zero-order chi connectivity index (χ0) is 13.1. The molecule has 0 bridgehead atoms. The maximum atomic E-state index is 13.6. The summed E-state index contributed by atoms with van der Waals surface area (Å²) in [6.45, 7) is 0. The molecule has 0 radical (unpaired) electrons. The van der Waals surface area contributed by atoms with Gasteiger partial charge in [-0.2, -0.15) is 4.80 Å². The Bertz CT molecular complexity index is 582. The van der Waals surface area contributed by atoms with Gasteiger partial charge in [0.1, 0.15) is 11.6 Å². The monoisotopic (exact) mass is 250 g/mol. The second-order valence-corrected chi connectivity index (χ2v) is 3.64. The highest BCUT2D eigenvalue weighted by atomic mass is 19.1. The number of carbonyl (C=O) groups excluding carboxylic acids is 1. The number of Topliss-reactive ketones (excluding diaryl/α,β-unsaturated/α-hetero) is 1. The second kappa shape index (κ2) is 4.91. The molecular formula is C11H11FN4O2. The van der Waals surface area contributed by atoms with E-state index >= 15 is 0 Å². The molecule has 0 aliphatic heterocycles. The molecule has 0 fully saturated rings. The van der Waals surface area contributed by atoms with Gasteiger partial charge in [0.15, 0.2) is 11.6 Å². The second-order valence-electron chi connectivity index (χ2n) is 3.64. The molecule has 7 heteroatoms. The first kappa shape index (κ1) is 12.2. The van der Waals surface area contributed by atoms with Crippen LogP contribution in [-0.4, -0.2) is 33.1 Å². The van der Waals surface area contributed by atoms with Gasteiger partial charge >= 0.3 is 0 Å². The molecule has 18 heavy (non-hydrogen) atoms. The van der Waals surface area contributed by atoms with Gasteiger partial charge in [0.25, 0.3) is 0 Å². The molecule has 0 aliphatic carbocycles. The summed E-state index contributed by atoms with van der Waals surface area (Å²) >= 11 is 0. The minimum atomic E-state index is -0.622. The van der Waals surface area contributed by atoms with Crippen molar-refractivity contribution in [1.29, 1.82) is 0 Å². The van der Waals surface area contributed by atoms with Gasteiger partial charge in [-0.25, -0.2) is 4.39 Å². The quantitative estimate of drug-likeness (QED) is 0.750. The molecule has 0 saturated heterocycles. The number of hydrogen-bond donors (Lipinski definition) is 0. The summed E-state index contributed by atoms with van der Waals surface area (Å²) in [6, 6.07) is 4.07. The highest BCUT2D eigenvalue weighted by molar-refractivity contribution is 5.97. The van der Waals surface area contributed by atoms with E-state index in [1.807, 2.05) is 0 Å². The molecule has 0 saturated carbocycles. The molecule has 6 nitrogen and oxygen atoms in total. The minimum absolute atomic E-state index is 0.0109. The predicted molar refractivity (Wildman–Crippen MR) is 59.8 cm³/mol. The van der Waals surface area contributed by atoms with E-state index in [1.54, 1.807) is 7.05 Å². The first-order valence-electron chi connectivity index (χ1n) is 5.20. The van der Waals surface area contributed by atoms with Crippen LogP contribution in [0, 0.1) is 5.82 Å². The van der Waals surface area contributed by atoms with Crippen molar-refractivity contribution in [1.82, 2.24) is 20.2 Å². The van der Waals surface area contributed by atoms with Gasteiger partial charge in [0.05, 0.1) is 26.1 Å². The summed E-state index contributed by atoms with van der Waals surface area (Å²) in [5.74, 6) is -0.397. The zero-order valence-corrected chi connectivity index (χ0v) is 9.92. The van der Waals surface area contributed by atoms with Gasteiger partial charge in [-0.3, -0.25) is 4.79 Å². The van der Waals surface area contributed by atoms with E-state index in [4.69, 9.17) is 4.74 Å². The van der Waals surface area contributed by atoms with Crippen LogP contribution in [-0.2, 0) is 13.5 Å². The number of methoxy groups -OCH3 is 1. The lowest BCUT2D eigenvalue weighted by Crippen LogP contribution is -2.08. The molecular weight excluding hydrogens is 239 g/mol. The summed E-state index contributed by atoms with van der Waals surface area (Å²) in [5.41, 5.74) is -0.0109. The number of ketones is 1. The fraction of sp³-hybridized carbons (Fsp3) is 0.273. The largest absolute Gasteiger partial charge is 0.497 e. The molecule has 0 aliphatic rings. The molecule has 1 heterocycles. The van der Waals surface area contributed by atoms with Crippen molar-refractivity contribution < 1.29 is 13.9 Å². The molecule has 1 aromatic carbocycles. The number of aryl methyl sites for hydroxylation is 1. The molecule has 2 rings (SSSR count). The average molecular weight is 250 g/mol. The Kier molecular flexibility index (Phi) is 3.31. The van der Waals surface area contributed by atoms with E-state index in [-0.39, 0.29) is 17.8 Å². The Labute approximate surface area is 102 Å². The maximum Gasteiger partial charge on any atom is 0.182 e. The average Bonchev–Trinajstić information content (AvgIpc) is 2.74. The molecule has 0 N–H and O–H groups in total. The third-order valence-corrected chi connectivity index (χ3v) is 2.35. The van der Waals surface area contributed by atoms with Crippen LogP contribution in [0.5, 0.6) is 5.75 Å². The Balaban J connectivity index is 2.18. The third kappa shape index (κ3) is 2.50. The minimum Gasteiger partial charge on any atom is -0.497 e. The van der Waals surface area contributed by atoms with Crippen molar-refractivity contribution >= 4 is 5.78 Å². The number of nitrogens with zero attached hydrogens (tertiary/aromatic N) is 4. The van der Waals surface area contributed by atoms with Crippen LogP contribution in [0.2, 0.25) is 0 Å². The van der Waals surface area contributed by atoms with Crippen LogP contribution in [0.4, 0.5) is 4.39 Å². The highest BCUT2D eigenvalue weighted by Gasteiger charge is 2.15. The molecule has 0 atom stereocenters. The lowest BCUT2D eigenvalue weighted by atomic mass is 10.1. The van der Waals surface area contributed by atoms with Gasteiger partial charge in [-0.1, -0.05) is 0 Å². The summed E-state index contributed by atoms with van der Waals surface area (Å²) in [4.78, 5) is 13.1. The molecule has 0 spiro atoms. The van der Waals surface area contributed by atoms with Crippen LogP contribution < -0.4 is 4.74 Å². The molecule has 0 unspecified atom stereocenters. The van der Waals surface area contributed by atoms with Crippen LogP contribution in [0.15, 0.2) is 18.2 Å². The third-order valence-electron chi connectivity index (χ3n) is 2.35. The van der Waals surface area contributed by atoms with E-state index in [0.29, 0.717) is 5.75 Å². The van der Waals surface area contributed by atoms with E-state index in [9.17, 15) is 9.18 Å². The number of aromatic nitrogens is 4.